The average molecular weight is 209 g/mol. The third kappa shape index (κ3) is 3.35. The number of benzene rings is 1. The van der Waals surface area contributed by atoms with E-state index < -0.39 is 0 Å². The molecule has 0 amide bonds. The molecule has 0 aromatic heterocycles. The molecule has 14 heavy (non-hydrogen) atoms. The van der Waals surface area contributed by atoms with Gasteiger partial charge < -0.3 is 0 Å². The van der Waals surface area contributed by atoms with Gasteiger partial charge in [0, 0.05) is 11.4 Å². The Labute approximate surface area is 89.4 Å². The highest BCUT2D eigenvalue weighted by atomic mass is 35.5. The molecule has 0 saturated heterocycles. The van der Waals surface area contributed by atoms with Crippen molar-refractivity contribution in [1.29, 1.82) is 0 Å². The Morgan fingerprint density at radius 1 is 1.50 bits per heavy atom. The van der Waals surface area contributed by atoms with Crippen LogP contribution in [0.3, 0.4) is 0 Å². The van der Waals surface area contributed by atoms with Gasteiger partial charge in [0.2, 0.25) is 0 Å². The lowest BCUT2D eigenvalue weighted by atomic mass is 10.1. The smallest absolute Gasteiger partial charge is 0.159 e. The Morgan fingerprint density at radius 2 is 2.29 bits per heavy atom. The number of carbonyl (C=O) groups is 1. The second kappa shape index (κ2) is 5.61. The molecule has 0 aliphatic carbocycles. The zero-order valence-electron chi connectivity index (χ0n) is 8.16. The summed E-state index contributed by atoms with van der Waals surface area (Å²) < 4.78 is 0. The van der Waals surface area contributed by atoms with Gasteiger partial charge in [-0.3, -0.25) is 4.79 Å². The number of alkyl halides is 1. The highest BCUT2D eigenvalue weighted by molar-refractivity contribution is 6.17. The molecule has 74 valence electrons. The lowest BCUT2D eigenvalue weighted by Crippen LogP contribution is -1.91. The van der Waals surface area contributed by atoms with Gasteiger partial charge in [-0.1, -0.05) is 30.4 Å². The largest absolute Gasteiger partial charge is 0.295 e. The van der Waals surface area contributed by atoms with E-state index >= 15 is 0 Å². The normalized spacial score (nSPS) is 10.7. The van der Waals surface area contributed by atoms with Crippen molar-refractivity contribution < 1.29 is 4.79 Å². The Bertz CT molecular complexity index is 342. The summed E-state index contributed by atoms with van der Waals surface area (Å²) >= 11 is 5.54. The molecular weight excluding hydrogens is 196 g/mol. The molecule has 0 N–H and O–H groups in total. The van der Waals surface area contributed by atoms with Gasteiger partial charge in [-0.05, 0) is 25.0 Å². The maximum atomic E-state index is 11.1. The summed E-state index contributed by atoms with van der Waals surface area (Å²) in [5.41, 5.74) is 1.79. The summed E-state index contributed by atoms with van der Waals surface area (Å²) in [6.45, 7) is 1.57. The summed E-state index contributed by atoms with van der Waals surface area (Å²) in [6, 6.07) is 7.56. The van der Waals surface area contributed by atoms with Crippen molar-refractivity contribution in [2.75, 3.05) is 5.88 Å². The van der Waals surface area contributed by atoms with E-state index in [0.29, 0.717) is 5.88 Å². The molecule has 0 heterocycles. The molecule has 0 bridgehead atoms. The number of Topliss-reactive ketones (excluding diaryl/α,β-unsaturated/α-hetero) is 1. The predicted molar refractivity (Wildman–Crippen MR) is 60.8 cm³/mol. The molecule has 1 aromatic carbocycles. The van der Waals surface area contributed by atoms with Crippen LogP contribution >= 0.6 is 11.6 Å². The Morgan fingerprint density at radius 3 is 2.93 bits per heavy atom. The molecule has 0 radical (unpaired) electrons. The zero-order valence-corrected chi connectivity index (χ0v) is 8.92. The molecule has 1 nitrogen and oxygen atoms in total. The molecule has 1 rings (SSSR count). The van der Waals surface area contributed by atoms with E-state index in [9.17, 15) is 4.79 Å². The standard InChI is InChI=1S/C12H13ClO/c1-10(14)12-7-4-6-11(9-12)5-2-3-8-13/h2,4-7,9H,3,8H2,1H3. The zero-order chi connectivity index (χ0) is 10.4. The quantitative estimate of drug-likeness (QED) is 0.547. The van der Waals surface area contributed by atoms with E-state index in [4.69, 9.17) is 11.6 Å². The molecule has 0 unspecified atom stereocenters. The summed E-state index contributed by atoms with van der Waals surface area (Å²) in [4.78, 5) is 11.1. The second-order valence-corrected chi connectivity index (χ2v) is 3.44. The van der Waals surface area contributed by atoms with Gasteiger partial charge in [0.15, 0.2) is 5.78 Å². The molecule has 0 fully saturated rings. The minimum absolute atomic E-state index is 0.0950. The van der Waals surface area contributed by atoms with E-state index in [-0.39, 0.29) is 5.78 Å². The van der Waals surface area contributed by atoms with Crippen LogP contribution in [0.2, 0.25) is 0 Å². The van der Waals surface area contributed by atoms with Gasteiger partial charge in [-0.15, -0.1) is 11.6 Å². The maximum absolute atomic E-state index is 11.1. The van der Waals surface area contributed by atoms with Crippen molar-refractivity contribution in [1.82, 2.24) is 0 Å². The van der Waals surface area contributed by atoms with Crippen LogP contribution in [0.4, 0.5) is 0 Å². The highest BCUT2D eigenvalue weighted by Crippen LogP contribution is 2.08. The average Bonchev–Trinajstić information content (AvgIpc) is 2.19. The molecule has 0 aliphatic rings. The number of ketones is 1. The molecule has 0 spiro atoms. The summed E-state index contributed by atoms with van der Waals surface area (Å²) in [7, 11) is 0. The fourth-order valence-corrected chi connectivity index (χ4v) is 1.27. The van der Waals surface area contributed by atoms with Gasteiger partial charge in [-0.25, -0.2) is 0 Å². The van der Waals surface area contributed by atoms with Crippen LogP contribution in [0.1, 0.15) is 29.3 Å². The molecule has 0 saturated carbocycles. The van der Waals surface area contributed by atoms with Crippen LogP contribution in [0.25, 0.3) is 6.08 Å². The van der Waals surface area contributed by atoms with Crippen molar-refractivity contribution in [2.24, 2.45) is 0 Å². The first kappa shape index (κ1) is 11.0. The van der Waals surface area contributed by atoms with E-state index in [0.717, 1.165) is 17.5 Å². The number of allylic oxidation sites excluding steroid dienone is 1. The minimum atomic E-state index is 0.0950. The van der Waals surface area contributed by atoms with Crippen molar-refractivity contribution >= 4 is 23.5 Å². The number of hydrogen-bond donors (Lipinski definition) is 0. The van der Waals surface area contributed by atoms with Crippen molar-refractivity contribution in [3.63, 3.8) is 0 Å². The number of rotatable bonds is 4. The molecule has 1 aromatic rings. The Hall–Kier alpha value is -1.08. The van der Waals surface area contributed by atoms with Crippen LogP contribution in [-0.4, -0.2) is 11.7 Å². The van der Waals surface area contributed by atoms with Gasteiger partial charge >= 0.3 is 0 Å². The van der Waals surface area contributed by atoms with Crippen molar-refractivity contribution in [2.45, 2.75) is 13.3 Å². The monoisotopic (exact) mass is 208 g/mol. The summed E-state index contributed by atoms with van der Waals surface area (Å²) in [6.07, 6.45) is 4.84. The molecule has 0 atom stereocenters. The second-order valence-electron chi connectivity index (χ2n) is 3.06. The third-order valence-electron chi connectivity index (χ3n) is 1.88. The fraction of sp³-hybridized carbons (Fsp3) is 0.250. The predicted octanol–water partition coefficient (Wildman–Crippen LogP) is 3.53. The van der Waals surface area contributed by atoms with Crippen LogP contribution in [0.15, 0.2) is 30.3 Å². The highest BCUT2D eigenvalue weighted by Gasteiger charge is 1.97. The van der Waals surface area contributed by atoms with Gasteiger partial charge in [0.1, 0.15) is 0 Å². The number of carbonyl (C=O) groups excluding carboxylic acids is 1. The molecular formula is C12H13ClO. The Balaban J connectivity index is 2.78. The SMILES string of the molecule is CC(=O)c1cccc(C=CCCCl)c1. The summed E-state index contributed by atoms with van der Waals surface area (Å²) in [5, 5.41) is 0. The lowest BCUT2D eigenvalue weighted by Gasteiger charge is -1.97. The van der Waals surface area contributed by atoms with E-state index in [1.54, 1.807) is 6.92 Å². The van der Waals surface area contributed by atoms with Gasteiger partial charge in [0.05, 0.1) is 0 Å². The van der Waals surface area contributed by atoms with E-state index in [1.165, 1.54) is 0 Å². The van der Waals surface area contributed by atoms with Gasteiger partial charge in [-0.2, -0.15) is 0 Å². The molecule has 2 heteroatoms. The summed E-state index contributed by atoms with van der Waals surface area (Å²) in [5.74, 6) is 0.723. The lowest BCUT2D eigenvalue weighted by molar-refractivity contribution is 0.101. The molecule has 0 aliphatic heterocycles. The first-order valence-corrected chi connectivity index (χ1v) is 5.11. The minimum Gasteiger partial charge on any atom is -0.295 e. The fourth-order valence-electron chi connectivity index (χ4n) is 1.14. The van der Waals surface area contributed by atoms with Crippen LogP contribution in [0, 0.1) is 0 Å². The number of hydrogen-bond acceptors (Lipinski definition) is 1. The first-order valence-electron chi connectivity index (χ1n) is 4.57. The van der Waals surface area contributed by atoms with Crippen LogP contribution < -0.4 is 0 Å². The topological polar surface area (TPSA) is 17.1 Å². The van der Waals surface area contributed by atoms with E-state index in [1.807, 2.05) is 36.4 Å². The first-order chi connectivity index (χ1) is 6.74. The van der Waals surface area contributed by atoms with Crippen molar-refractivity contribution in [3.8, 4) is 0 Å². The van der Waals surface area contributed by atoms with Crippen LogP contribution in [-0.2, 0) is 0 Å². The Kier molecular flexibility index (Phi) is 4.41. The van der Waals surface area contributed by atoms with Gasteiger partial charge in [0.25, 0.3) is 0 Å². The third-order valence-corrected chi connectivity index (χ3v) is 2.10. The van der Waals surface area contributed by atoms with E-state index in [2.05, 4.69) is 0 Å². The van der Waals surface area contributed by atoms with Crippen LogP contribution in [0.5, 0.6) is 0 Å². The number of halogens is 1. The maximum Gasteiger partial charge on any atom is 0.159 e. The van der Waals surface area contributed by atoms with Crippen molar-refractivity contribution in [3.05, 3.63) is 41.5 Å².